The fourth-order valence-corrected chi connectivity index (χ4v) is 4.08. The number of hydrogen-bond acceptors (Lipinski definition) is 4. The fraction of sp³-hybridized carbons (Fsp3) is 0.800. The van der Waals surface area contributed by atoms with Crippen molar-refractivity contribution < 1.29 is 25.2 Å². The van der Waals surface area contributed by atoms with Crippen LogP contribution in [0.2, 0.25) is 0 Å². The van der Waals surface area contributed by atoms with Crippen molar-refractivity contribution in [1.82, 2.24) is 0 Å². The molecule has 4 N–H and O–H groups in total. The molecule has 114 valence electrons. The van der Waals surface area contributed by atoms with E-state index in [0.29, 0.717) is 31.3 Å². The number of carbonyl (C=O) groups is 1. The maximum atomic E-state index is 11.1. The summed E-state index contributed by atoms with van der Waals surface area (Å²) >= 11 is 0. The Morgan fingerprint density at radius 2 is 2.05 bits per heavy atom. The van der Waals surface area contributed by atoms with Gasteiger partial charge < -0.3 is 20.4 Å². The number of aliphatic hydroxyl groups is 3. The van der Waals surface area contributed by atoms with Crippen molar-refractivity contribution in [3.63, 3.8) is 0 Å². The van der Waals surface area contributed by atoms with Gasteiger partial charge in [-0.25, -0.2) is 4.79 Å². The van der Waals surface area contributed by atoms with Crippen molar-refractivity contribution in [1.29, 1.82) is 0 Å². The number of carboxylic acid groups (broad SMARTS) is 1. The van der Waals surface area contributed by atoms with Gasteiger partial charge in [0, 0.05) is 5.57 Å². The predicted octanol–water partition coefficient (Wildman–Crippen LogP) is 1.07. The standard InChI is InChI=1S/C15H24O5/c1-13(2,19)15(20)10-5-4-9(12(17)18)6-7-14(10,3)8-11(15)16/h6,10-11,16,19-20H,4-5,7-8H2,1-3H3,(H,17,18). The summed E-state index contributed by atoms with van der Waals surface area (Å²) in [7, 11) is 0. The molecule has 4 unspecified atom stereocenters. The Morgan fingerprint density at radius 1 is 1.45 bits per heavy atom. The van der Waals surface area contributed by atoms with Gasteiger partial charge in [0.2, 0.25) is 0 Å². The second kappa shape index (κ2) is 4.55. The molecule has 0 aromatic rings. The second-order valence-corrected chi connectivity index (χ2v) is 7.09. The van der Waals surface area contributed by atoms with E-state index in [9.17, 15) is 20.1 Å². The van der Waals surface area contributed by atoms with E-state index < -0.39 is 28.7 Å². The van der Waals surface area contributed by atoms with Crippen molar-refractivity contribution in [2.45, 2.75) is 63.8 Å². The van der Waals surface area contributed by atoms with Crippen molar-refractivity contribution in [2.24, 2.45) is 11.3 Å². The minimum atomic E-state index is -1.61. The van der Waals surface area contributed by atoms with Gasteiger partial charge in [-0.1, -0.05) is 13.0 Å². The molecule has 0 amide bonds. The predicted molar refractivity (Wildman–Crippen MR) is 73.0 cm³/mol. The summed E-state index contributed by atoms with van der Waals surface area (Å²) in [5.74, 6) is -1.26. The summed E-state index contributed by atoms with van der Waals surface area (Å²) in [5.41, 5.74) is -3.09. The molecular formula is C15H24O5. The van der Waals surface area contributed by atoms with E-state index >= 15 is 0 Å². The fourth-order valence-electron chi connectivity index (χ4n) is 4.08. The summed E-state index contributed by atoms with van der Waals surface area (Å²) < 4.78 is 0. The first kappa shape index (κ1) is 15.5. The molecule has 0 aromatic carbocycles. The normalized spacial score (nSPS) is 41.8. The molecule has 20 heavy (non-hydrogen) atoms. The Labute approximate surface area is 118 Å². The van der Waals surface area contributed by atoms with Crippen LogP contribution in [0.3, 0.4) is 0 Å². The highest BCUT2D eigenvalue weighted by atomic mass is 16.4. The molecule has 1 fully saturated rings. The smallest absolute Gasteiger partial charge is 0.331 e. The molecule has 5 nitrogen and oxygen atoms in total. The van der Waals surface area contributed by atoms with Gasteiger partial charge in [-0.05, 0) is 50.9 Å². The van der Waals surface area contributed by atoms with Crippen LogP contribution in [-0.4, -0.2) is 43.7 Å². The topological polar surface area (TPSA) is 98.0 Å². The lowest BCUT2D eigenvalue weighted by molar-refractivity contribution is -0.200. The molecule has 0 saturated heterocycles. The van der Waals surface area contributed by atoms with Crippen molar-refractivity contribution in [3.05, 3.63) is 11.6 Å². The van der Waals surface area contributed by atoms with Gasteiger partial charge in [0.05, 0.1) is 11.7 Å². The lowest BCUT2D eigenvalue weighted by atomic mass is 9.67. The van der Waals surface area contributed by atoms with Crippen LogP contribution in [0.5, 0.6) is 0 Å². The van der Waals surface area contributed by atoms with Gasteiger partial charge in [0.1, 0.15) is 5.60 Å². The maximum absolute atomic E-state index is 11.1. The Balaban J connectivity index is 2.40. The zero-order chi connectivity index (χ0) is 15.3. The van der Waals surface area contributed by atoms with Gasteiger partial charge in [-0.2, -0.15) is 0 Å². The molecule has 0 spiro atoms. The highest BCUT2D eigenvalue weighted by molar-refractivity contribution is 5.86. The van der Waals surface area contributed by atoms with Crippen molar-refractivity contribution in [3.8, 4) is 0 Å². The highest BCUT2D eigenvalue weighted by Gasteiger charge is 2.64. The van der Waals surface area contributed by atoms with Gasteiger partial charge in [0.25, 0.3) is 0 Å². The third-order valence-corrected chi connectivity index (χ3v) is 5.31. The average molecular weight is 284 g/mol. The van der Waals surface area contributed by atoms with E-state index in [1.807, 2.05) is 6.92 Å². The molecule has 2 aliphatic rings. The number of carboxylic acids is 1. The van der Waals surface area contributed by atoms with Crippen LogP contribution >= 0.6 is 0 Å². The van der Waals surface area contributed by atoms with Crippen molar-refractivity contribution in [2.75, 3.05) is 0 Å². The summed E-state index contributed by atoms with van der Waals surface area (Å²) in [4.78, 5) is 11.1. The van der Waals surface area contributed by atoms with Crippen LogP contribution in [0.4, 0.5) is 0 Å². The van der Waals surface area contributed by atoms with Gasteiger partial charge in [-0.3, -0.25) is 0 Å². The first-order chi connectivity index (χ1) is 9.02. The van der Waals surface area contributed by atoms with E-state index in [1.165, 1.54) is 13.8 Å². The quantitative estimate of drug-likeness (QED) is 0.608. The SMILES string of the molecule is CC12CC=C(C(=O)O)CCC1C(O)(C(C)(C)O)C(O)C2. The summed E-state index contributed by atoms with van der Waals surface area (Å²) in [6, 6.07) is 0. The Hall–Kier alpha value is -0.910. The molecule has 0 aromatic heterocycles. The largest absolute Gasteiger partial charge is 0.478 e. The minimum Gasteiger partial charge on any atom is -0.478 e. The molecule has 2 rings (SSSR count). The Morgan fingerprint density at radius 3 is 2.55 bits per heavy atom. The number of aliphatic carboxylic acids is 1. The van der Waals surface area contributed by atoms with Crippen molar-refractivity contribution >= 4 is 5.97 Å². The number of aliphatic hydroxyl groups excluding tert-OH is 1. The van der Waals surface area contributed by atoms with Gasteiger partial charge >= 0.3 is 5.97 Å². The average Bonchev–Trinajstić information content (AvgIpc) is 2.44. The molecule has 1 saturated carbocycles. The van der Waals surface area contributed by atoms with E-state index in [2.05, 4.69) is 0 Å². The van der Waals surface area contributed by atoms with Crippen LogP contribution in [0.15, 0.2) is 11.6 Å². The maximum Gasteiger partial charge on any atom is 0.331 e. The van der Waals surface area contributed by atoms with Gasteiger partial charge in [-0.15, -0.1) is 0 Å². The highest BCUT2D eigenvalue weighted by Crippen LogP contribution is 2.58. The number of allylic oxidation sites excluding steroid dienone is 1. The molecule has 0 bridgehead atoms. The molecular weight excluding hydrogens is 260 g/mol. The molecule has 5 heteroatoms. The van der Waals surface area contributed by atoms with Gasteiger partial charge in [0.15, 0.2) is 0 Å². The number of rotatable bonds is 2. The summed E-state index contributed by atoms with van der Waals surface area (Å²) in [6.45, 7) is 4.95. The molecule has 0 radical (unpaired) electrons. The molecule has 4 atom stereocenters. The van der Waals surface area contributed by atoms with Crippen LogP contribution in [0, 0.1) is 11.3 Å². The van der Waals surface area contributed by atoms with E-state index in [-0.39, 0.29) is 5.92 Å². The van der Waals surface area contributed by atoms with Crippen LogP contribution < -0.4 is 0 Å². The first-order valence-corrected chi connectivity index (χ1v) is 7.07. The third kappa shape index (κ3) is 2.08. The monoisotopic (exact) mass is 284 g/mol. The lowest BCUT2D eigenvalue weighted by Gasteiger charge is -2.45. The van der Waals surface area contributed by atoms with E-state index in [0.717, 1.165) is 0 Å². The second-order valence-electron chi connectivity index (χ2n) is 7.09. The Bertz CT molecular complexity index is 450. The number of hydrogen-bond donors (Lipinski definition) is 4. The molecule has 0 aliphatic heterocycles. The zero-order valence-electron chi connectivity index (χ0n) is 12.3. The summed E-state index contributed by atoms with van der Waals surface area (Å²) in [5, 5.41) is 40.7. The zero-order valence-corrected chi connectivity index (χ0v) is 12.3. The van der Waals surface area contributed by atoms with E-state index in [4.69, 9.17) is 5.11 Å². The summed E-state index contributed by atoms with van der Waals surface area (Å²) in [6.07, 6.45) is 2.35. The third-order valence-electron chi connectivity index (χ3n) is 5.31. The van der Waals surface area contributed by atoms with Crippen LogP contribution in [0.1, 0.15) is 46.5 Å². The Kier molecular flexibility index (Phi) is 3.52. The minimum absolute atomic E-state index is 0.335. The van der Waals surface area contributed by atoms with Crippen LogP contribution in [-0.2, 0) is 4.79 Å². The number of fused-ring (bicyclic) bond motifs is 1. The first-order valence-electron chi connectivity index (χ1n) is 7.07. The lowest BCUT2D eigenvalue weighted by Crippen LogP contribution is -2.60. The van der Waals surface area contributed by atoms with Crippen LogP contribution in [0.25, 0.3) is 0 Å². The van der Waals surface area contributed by atoms with E-state index in [1.54, 1.807) is 6.08 Å². The molecule has 0 heterocycles. The molecule has 2 aliphatic carbocycles.